The Morgan fingerprint density at radius 3 is 2.11 bits per heavy atom. The van der Waals surface area contributed by atoms with E-state index in [-0.39, 0.29) is 18.5 Å². The van der Waals surface area contributed by atoms with E-state index in [4.69, 9.17) is 28.9 Å². The van der Waals surface area contributed by atoms with Crippen LogP contribution in [-0.4, -0.2) is 49.6 Å². The van der Waals surface area contributed by atoms with Crippen molar-refractivity contribution in [3.8, 4) is 0 Å². The molecule has 148 valence electrons. The average Bonchev–Trinajstić information content (AvgIpc) is 2.71. The molecule has 0 atom stereocenters. The number of amides is 3. The van der Waals surface area contributed by atoms with Crippen LogP contribution in [0.2, 0.25) is 10.0 Å². The zero-order chi connectivity index (χ0) is 20.1. The number of anilines is 3. The Morgan fingerprint density at radius 1 is 0.929 bits per heavy atom. The van der Waals surface area contributed by atoms with Gasteiger partial charge in [-0.2, -0.15) is 0 Å². The molecule has 0 unspecified atom stereocenters. The molecule has 1 fully saturated rings. The lowest BCUT2D eigenvalue weighted by Gasteiger charge is -2.36. The highest BCUT2D eigenvalue weighted by Gasteiger charge is 2.22. The summed E-state index contributed by atoms with van der Waals surface area (Å²) in [7, 11) is 0. The van der Waals surface area contributed by atoms with Crippen LogP contribution in [0.5, 0.6) is 0 Å². The quantitative estimate of drug-likeness (QED) is 0.706. The highest BCUT2D eigenvalue weighted by atomic mass is 35.5. The van der Waals surface area contributed by atoms with Gasteiger partial charge in [0.25, 0.3) is 0 Å². The zero-order valence-electron chi connectivity index (χ0n) is 15.1. The summed E-state index contributed by atoms with van der Waals surface area (Å²) in [5, 5.41) is 6.31. The molecule has 2 aromatic carbocycles. The summed E-state index contributed by atoms with van der Waals surface area (Å²) >= 11 is 12.2. The van der Waals surface area contributed by atoms with Crippen LogP contribution in [0.4, 0.5) is 21.9 Å². The lowest BCUT2D eigenvalue weighted by molar-refractivity contribution is -0.114. The molecule has 1 aliphatic heterocycles. The highest BCUT2D eigenvalue weighted by Crippen LogP contribution is 2.30. The minimum atomic E-state index is -0.231. The molecule has 0 spiro atoms. The summed E-state index contributed by atoms with van der Waals surface area (Å²) in [6, 6.07) is 12.4. The Bertz CT molecular complexity index is 832. The second kappa shape index (κ2) is 9.14. The van der Waals surface area contributed by atoms with Gasteiger partial charge in [0, 0.05) is 37.6 Å². The van der Waals surface area contributed by atoms with E-state index in [1.165, 1.54) is 0 Å². The van der Waals surface area contributed by atoms with Crippen molar-refractivity contribution >= 4 is 52.2 Å². The number of carbonyl (C=O) groups excluding carboxylic acids is 2. The molecular formula is C19H21Cl2N5O2. The van der Waals surface area contributed by atoms with Crippen LogP contribution >= 0.6 is 23.2 Å². The molecule has 7 nitrogen and oxygen atoms in total. The van der Waals surface area contributed by atoms with E-state index in [0.717, 1.165) is 5.69 Å². The molecule has 3 rings (SSSR count). The summed E-state index contributed by atoms with van der Waals surface area (Å²) in [4.78, 5) is 27.8. The van der Waals surface area contributed by atoms with Crippen LogP contribution in [0, 0.1) is 0 Å². The monoisotopic (exact) mass is 421 g/mol. The van der Waals surface area contributed by atoms with Crippen molar-refractivity contribution in [1.29, 1.82) is 0 Å². The van der Waals surface area contributed by atoms with Crippen molar-refractivity contribution < 1.29 is 9.59 Å². The van der Waals surface area contributed by atoms with Gasteiger partial charge in [0.05, 0.1) is 22.3 Å². The summed E-state index contributed by atoms with van der Waals surface area (Å²) < 4.78 is 0. The fraction of sp³-hybridized carbons (Fsp3) is 0.263. The molecule has 28 heavy (non-hydrogen) atoms. The molecular weight excluding hydrogens is 401 g/mol. The van der Waals surface area contributed by atoms with Gasteiger partial charge in [0.1, 0.15) is 0 Å². The molecule has 0 radical (unpaired) electrons. The number of urea groups is 1. The summed E-state index contributed by atoms with van der Waals surface area (Å²) in [5.74, 6) is -0.231. The largest absolute Gasteiger partial charge is 0.368 e. The maximum atomic E-state index is 12.5. The summed E-state index contributed by atoms with van der Waals surface area (Å²) in [6.45, 7) is 2.47. The van der Waals surface area contributed by atoms with E-state index < -0.39 is 0 Å². The Labute approximate surface area is 173 Å². The van der Waals surface area contributed by atoms with Crippen LogP contribution in [-0.2, 0) is 4.79 Å². The molecule has 1 heterocycles. The Balaban J connectivity index is 1.55. The minimum Gasteiger partial charge on any atom is -0.368 e. The molecule has 2 aromatic rings. The number of rotatable bonds is 4. The first-order valence-electron chi connectivity index (χ1n) is 8.83. The average molecular weight is 422 g/mol. The minimum absolute atomic E-state index is 0.0504. The Hall–Kier alpha value is -2.48. The van der Waals surface area contributed by atoms with Crippen molar-refractivity contribution in [2.24, 2.45) is 5.73 Å². The number of benzene rings is 2. The third kappa shape index (κ3) is 4.86. The van der Waals surface area contributed by atoms with Gasteiger partial charge in [0.2, 0.25) is 5.91 Å². The highest BCUT2D eigenvalue weighted by molar-refractivity contribution is 6.39. The van der Waals surface area contributed by atoms with E-state index >= 15 is 0 Å². The lowest BCUT2D eigenvalue weighted by Crippen LogP contribution is -2.50. The van der Waals surface area contributed by atoms with Crippen molar-refractivity contribution in [3.05, 3.63) is 52.5 Å². The summed E-state index contributed by atoms with van der Waals surface area (Å²) in [6.07, 6.45) is 0. The second-order valence-corrected chi connectivity index (χ2v) is 7.11. The maximum Gasteiger partial charge on any atom is 0.322 e. The van der Waals surface area contributed by atoms with Crippen LogP contribution < -0.4 is 21.3 Å². The predicted octanol–water partition coefficient (Wildman–Crippen LogP) is 3.24. The fourth-order valence-corrected chi connectivity index (χ4v) is 3.43. The SMILES string of the molecule is NCC(=O)Nc1ccc(N2CCN(C(=O)Nc3c(Cl)cccc3Cl)CC2)cc1. The first kappa shape index (κ1) is 20.3. The third-order valence-corrected chi connectivity index (χ3v) is 5.09. The van der Waals surface area contributed by atoms with Crippen LogP contribution in [0.3, 0.4) is 0 Å². The van der Waals surface area contributed by atoms with Crippen molar-refractivity contribution in [1.82, 2.24) is 4.90 Å². The smallest absolute Gasteiger partial charge is 0.322 e. The fourth-order valence-electron chi connectivity index (χ4n) is 2.94. The van der Waals surface area contributed by atoms with Crippen molar-refractivity contribution in [2.75, 3.05) is 48.3 Å². The molecule has 0 bridgehead atoms. The molecule has 4 N–H and O–H groups in total. The number of halogens is 2. The zero-order valence-corrected chi connectivity index (χ0v) is 16.6. The third-order valence-electron chi connectivity index (χ3n) is 4.46. The number of piperazine rings is 1. The van der Waals surface area contributed by atoms with E-state index in [1.54, 1.807) is 23.1 Å². The number of nitrogens with zero attached hydrogens (tertiary/aromatic N) is 2. The number of hydrogen-bond acceptors (Lipinski definition) is 4. The first-order chi connectivity index (χ1) is 13.5. The maximum absolute atomic E-state index is 12.5. The van der Waals surface area contributed by atoms with E-state index in [1.807, 2.05) is 24.3 Å². The van der Waals surface area contributed by atoms with E-state index in [9.17, 15) is 9.59 Å². The van der Waals surface area contributed by atoms with Gasteiger partial charge in [-0.05, 0) is 36.4 Å². The number of nitrogens with two attached hydrogens (primary N) is 1. The van der Waals surface area contributed by atoms with Gasteiger partial charge in [-0.3, -0.25) is 4.79 Å². The van der Waals surface area contributed by atoms with Gasteiger partial charge in [-0.1, -0.05) is 29.3 Å². The van der Waals surface area contributed by atoms with Crippen LogP contribution in [0.15, 0.2) is 42.5 Å². The topological polar surface area (TPSA) is 90.7 Å². The van der Waals surface area contributed by atoms with Gasteiger partial charge < -0.3 is 26.2 Å². The van der Waals surface area contributed by atoms with Gasteiger partial charge in [-0.15, -0.1) is 0 Å². The molecule has 1 saturated heterocycles. The predicted molar refractivity (Wildman–Crippen MR) is 113 cm³/mol. The second-order valence-electron chi connectivity index (χ2n) is 6.30. The Kier molecular flexibility index (Phi) is 6.61. The van der Waals surface area contributed by atoms with Gasteiger partial charge >= 0.3 is 6.03 Å². The number of para-hydroxylation sites is 1. The number of carbonyl (C=O) groups is 2. The van der Waals surface area contributed by atoms with E-state index in [0.29, 0.717) is 47.6 Å². The van der Waals surface area contributed by atoms with Gasteiger partial charge in [0.15, 0.2) is 0 Å². The number of hydrogen-bond donors (Lipinski definition) is 3. The normalized spacial score (nSPS) is 14.0. The standard InChI is InChI=1S/C19H21Cl2N5O2/c20-15-2-1-3-16(21)18(15)24-19(28)26-10-8-25(9-11-26)14-6-4-13(5-7-14)23-17(27)12-22/h1-7H,8-12,22H2,(H,23,27)(H,24,28). The van der Waals surface area contributed by atoms with Crippen molar-refractivity contribution in [2.45, 2.75) is 0 Å². The van der Waals surface area contributed by atoms with Crippen molar-refractivity contribution in [3.63, 3.8) is 0 Å². The first-order valence-corrected chi connectivity index (χ1v) is 9.58. The molecule has 0 aliphatic carbocycles. The lowest BCUT2D eigenvalue weighted by atomic mass is 10.2. The molecule has 1 aliphatic rings. The molecule has 3 amide bonds. The Morgan fingerprint density at radius 2 is 1.54 bits per heavy atom. The molecule has 9 heteroatoms. The van der Waals surface area contributed by atoms with E-state index in [2.05, 4.69) is 15.5 Å². The summed E-state index contributed by atoms with van der Waals surface area (Å²) in [5.41, 5.74) is 7.45. The molecule has 0 saturated carbocycles. The van der Waals surface area contributed by atoms with Crippen LogP contribution in [0.25, 0.3) is 0 Å². The van der Waals surface area contributed by atoms with Gasteiger partial charge in [-0.25, -0.2) is 4.79 Å². The van der Waals surface area contributed by atoms with Crippen LogP contribution in [0.1, 0.15) is 0 Å². The number of nitrogens with one attached hydrogen (secondary N) is 2. The molecule has 0 aromatic heterocycles.